The topological polar surface area (TPSA) is 86.6 Å². The van der Waals surface area contributed by atoms with E-state index < -0.39 is 11.9 Å². The molecular weight excluding hydrogens is 186 g/mol. The molecule has 0 radical (unpaired) electrons. The number of phenols is 1. The van der Waals surface area contributed by atoms with Crippen molar-refractivity contribution in [3.8, 4) is 5.75 Å². The summed E-state index contributed by atoms with van der Waals surface area (Å²) in [4.78, 5) is 21.6. The molecule has 1 amide bonds. The molecule has 0 aliphatic heterocycles. The predicted octanol–water partition coefficient (Wildman–Crippen LogP) is 0.450. The molecule has 0 saturated carbocycles. The maximum absolute atomic E-state index is 11.1. The Hall–Kier alpha value is -2.04. The van der Waals surface area contributed by atoms with Crippen molar-refractivity contribution in [1.29, 1.82) is 0 Å². The third kappa shape index (κ3) is 1.82. The molecule has 1 aromatic rings. The minimum Gasteiger partial charge on any atom is -0.507 e. The van der Waals surface area contributed by atoms with Gasteiger partial charge in [-0.15, -0.1) is 0 Å². The molecule has 3 N–H and O–H groups in total. The molecule has 0 saturated heterocycles. The van der Waals surface area contributed by atoms with Crippen LogP contribution in [-0.2, 0) is 0 Å². The molecule has 14 heavy (non-hydrogen) atoms. The van der Waals surface area contributed by atoms with Gasteiger partial charge in [0, 0.05) is 7.05 Å². The molecule has 0 aliphatic rings. The molecule has 0 heterocycles. The molecule has 0 aromatic heterocycles. The number of hydrogen-bond donors (Lipinski definition) is 3. The summed E-state index contributed by atoms with van der Waals surface area (Å²) < 4.78 is 0. The number of hydrogen-bond acceptors (Lipinski definition) is 3. The first kappa shape index (κ1) is 10.0. The lowest BCUT2D eigenvalue weighted by molar-refractivity contribution is 0.0695. The smallest absolute Gasteiger partial charge is 0.335 e. The summed E-state index contributed by atoms with van der Waals surface area (Å²) in [5.41, 5.74) is -0.00680. The fraction of sp³-hybridized carbons (Fsp3) is 0.111. The van der Waals surface area contributed by atoms with Crippen LogP contribution in [0.4, 0.5) is 0 Å². The number of carbonyl (C=O) groups is 2. The summed E-state index contributed by atoms with van der Waals surface area (Å²) >= 11 is 0. The maximum Gasteiger partial charge on any atom is 0.335 e. The first-order chi connectivity index (χ1) is 6.56. The fourth-order valence-electron chi connectivity index (χ4n) is 0.991. The van der Waals surface area contributed by atoms with Crippen LogP contribution >= 0.6 is 0 Å². The summed E-state index contributed by atoms with van der Waals surface area (Å²) in [5, 5.41) is 20.2. The van der Waals surface area contributed by atoms with Crippen LogP contribution < -0.4 is 5.32 Å². The summed E-state index contributed by atoms with van der Waals surface area (Å²) in [5.74, 6) is -1.95. The SMILES string of the molecule is CNC(=O)c1ccc(C(=O)O)cc1O. The number of carbonyl (C=O) groups excluding carboxylic acids is 1. The van der Waals surface area contributed by atoms with Crippen LogP contribution in [0.1, 0.15) is 20.7 Å². The molecule has 0 spiro atoms. The van der Waals surface area contributed by atoms with Crippen molar-refractivity contribution in [3.63, 3.8) is 0 Å². The number of nitrogens with one attached hydrogen (secondary N) is 1. The number of phenolic OH excluding ortho intramolecular Hbond substituents is 1. The highest BCUT2D eigenvalue weighted by Crippen LogP contribution is 2.18. The largest absolute Gasteiger partial charge is 0.507 e. The second-order valence-corrected chi connectivity index (χ2v) is 2.62. The zero-order valence-electron chi connectivity index (χ0n) is 7.44. The first-order valence-electron chi connectivity index (χ1n) is 3.84. The fourth-order valence-corrected chi connectivity index (χ4v) is 0.991. The van der Waals surface area contributed by atoms with E-state index in [9.17, 15) is 14.7 Å². The second-order valence-electron chi connectivity index (χ2n) is 2.62. The van der Waals surface area contributed by atoms with Crippen LogP contribution in [0, 0.1) is 0 Å². The van der Waals surface area contributed by atoms with Gasteiger partial charge in [-0.05, 0) is 18.2 Å². The van der Waals surface area contributed by atoms with Gasteiger partial charge in [-0.25, -0.2) is 4.79 Å². The van der Waals surface area contributed by atoms with Gasteiger partial charge in [-0.2, -0.15) is 0 Å². The molecule has 5 nitrogen and oxygen atoms in total. The zero-order chi connectivity index (χ0) is 10.7. The molecule has 0 atom stereocenters. The molecule has 1 aromatic carbocycles. The van der Waals surface area contributed by atoms with Gasteiger partial charge >= 0.3 is 5.97 Å². The van der Waals surface area contributed by atoms with E-state index in [1.807, 2.05) is 0 Å². The van der Waals surface area contributed by atoms with Gasteiger partial charge in [0.25, 0.3) is 5.91 Å². The van der Waals surface area contributed by atoms with Crippen molar-refractivity contribution in [3.05, 3.63) is 29.3 Å². The van der Waals surface area contributed by atoms with E-state index in [-0.39, 0.29) is 16.9 Å². The quantitative estimate of drug-likeness (QED) is 0.639. The number of amides is 1. The van der Waals surface area contributed by atoms with Gasteiger partial charge in [-0.3, -0.25) is 4.79 Å². The van der Waals surface area contributed by atoms with Crippen molar-refractivity contribution in [2.45, 2.75) is 0 Å². The van der Waals surface area contributed by atoms with Gasteiger partial charge < -0.3 is 15.5 Å². The average Bonchev–Trinajstić information content (AvgIpc) is 2.16. The van der Waals surface area contributed by atoms with E-state index in [0.29, 0.717) is 0 Å². The lowest BCUT2D eigenvalue weighted by Gasteiger charge is -2.03. The van der Waals surface area contributed by atoms with E-state index in [0.717, 1.165) is 6.07 Å². The highest BCUT2D eigenvalue weighted by atomic mass is 16.4. The lowest BCUT2D eigenvalue weighted by Crippen LogP contribution is -2.18. The number of aromatic carboxylic acids is 1. The summed E-state index contributed by atoms with van der Waals surface area (Å²) in [6.07, 6.45) is 0. The maximum atomic E-state index is 11.1. The standard InChI is InChI=1S/C9H9NO4/c1-10-8(12)6-3-2-5(9(13)14)4-7(6)11/h2-4,11H,1H3,(H,10,12)(H,13,14). The Morgan fingerprint density at radius 3 is 2.43 bits per heavy atom. The van der Waals surface area contributed by atoms with Crippen LogP contribution in [0.15, 0.2) is 18.2 Å². The monoisotopic (exact) mass is 195 g/mol. The molecular formula is C9H9NO4. The van der Waals surface area contributed by atoms with Crippen LogP contribution in [0.25, 0.3) is 0 Å². The lowest BCUT2D eigenvalue weighted by atomic mass is 10.1. The Bertz CT molecular complexity index is 386. The Kier molecular flexibility index (Phi) is 2.71. The van der Waals surface area contributed by atoms with Gasteiger partial charge in [0.15, 0.2) is 0 Å². The van der Waals surface area contributed by atoms with Gasteiger partial charge in [0.1, 0.15) is 5.75 Å². The van der Waals surface area contributed by atoms with Crippen LogP contribution in [0.3, 0.4) is 0 Å². The van der Waals surface area contributed by atoms with E-state index in [4.69, 9.17) is 5.11 Å². The predicted molar refractivity (Wildman–Crippen MR) is 48.5 cm³/mol. The third-order valence-corrected chi connectivity index (χ3v) is 1.72. The van der Waals surface area contributed by atoms with E-state index in [1.165, 1.54) is 19.2 Å². The molecule has 74 valence electrons. The molecule has 0 unspecified atom stereocenters. The minimum absolute atomic E-state index is 0.0532. The highest BCUT2D eigenvalue weighted by Gasteiger charge is 2.11. The average molecular weight is 195 g/mol. The van der Waals surface area contributed by atoms with Crippen LogP contribution in [-0.4, -0.2) is 29.1 Å². The normalized spacial score (nSPS) is 9.50. The van der Waals surface area contributed by atoms with Gasteiger partial charge in [0.05, 0.1) is 11.1 Å². The molecule has 5 heteroatoms. The van der Waals surface area contributed by atoms with Crippen LogP contribution in [0.2, 0.25) is 0 Å². The van der Waals surface area contributed by atoms with Crippen LogP contribution in [0.5, 0.6) is 5.75 Å². The van der Waals surface area contributed by atoms with Crippen molar-refractivity contribution in [2.24, 2.45) is 0 Å². The third-order valence-electron chi connectivity index (χ3n) is 1.72. The van der Waals surface area contributed by atoms with Crippen molar-refractivity contribution < 1.29 is 19.8 Å². The highest BCUT2D eigenvalue weighted by molar-refractivity contribution is 5.98. The molecule has 0 bridgehead atoms. The Morgan fingerprint density at radius 2 is 2.00 bits per heavy atom. The van der Waals surface area contributed by atoms with Gasteiger partial charge in [-0.1, -0.05) is 0 Å². The van der Waals surface area contributed by atoms with E-state index in [1.54, 1.807) is 0 Å². The minimum atomic E-state index is -1.15. The first-order valence-corrected chi connectivity index (χ1v) is 3.84. The summed E-state index contributed by atoms with van der Waals surface area (Å²) in [6, 6.07) is 3.55. The Labute approximate surface area is 80.0 Å². The zero-order valence-corrected chi connectivity index (χ0v) is 7.44. The molecule has 0 aliphatic carbocycles. The Balaban J connectivity index is 3.14. The van der Waals surface area contributed by atoms with Crippen molar-refractivity contribution in [1.82, 2.24) is 5.32 Å². The number of rotatable bonds is 2. The van der Waals surface area contributed by atoms with Crippen molar-refractivity contribution in [2.75, 3.05) is 7.05 Å². The molecule has 1 rings (SSSR count). The summed E-state index contributed by atoms with van der Waals surface area (Å²) in [7, 11) is 1.42. The molecule has 0 fully saturated rings. The van der Waals surface area contributed by atoms with Crippen molar-refractivity contribution >= 4 is 11.9 Å². The van der Waals surface area contributed by atoms with Gasteiger partial charge in [0.2, 0.25) is 0 Å². The number of benzene rings is 1. The number of carboxylic acid groups (broad SMARTS) is 1. The number of carboxylic acids is 1. The second kappa shape index (κ2) is 3.78. The van der Waals surface area contributed by atoms with E-state index in [2.05, 4.69) is 5.32 Å². The number of aromatic hydroxyl groups is 1. The van der Waals surface area contributed by atoms with E-state index >= 15 is 0 Å². The summed E-state index contributed by atoms with van der Waals surface area (Å²) in [6.45, 7) is 0. The Morgan fingerprint density at radius 1 is 1.36 bits per heavy atom.